The molecule has 6 heteroatoms. The molecule has 1 atom stereocenters. The van der Waals surface area contributed by atoms with E-state index in [9.17, 15) is 0 Å². The van der Waals surface area contributed by atoms with Gasteiger partial charge in [-0.15, -0.1) is 68.0 Å². The lowest BCUT2D eigenvalue weighted by molar-refractivity contribution is 0.405. The fourth-order valence-corrected chi connectivity index (χ4v) is 16.0. The zero-order valence-electron chi connectivity index (χ0n) is 36.9. The third-order valence-corrected chi connectivity index (χ3v) is 20.5. The Morgan fingerprint density at radius 2 is 0.758 bits per heavy atom. The van der Waals surface area contributed by atoms with Gasteiger partial charge in [-0.25, -0.2) is 0 Å². The minimum absolute atomic E-state index is 0.107. The number of benzene rings is 2. The fraction of sp³-hybridized carbons (Fsp3) is 0.357. The van der Waals surface area contributed by atoms with Crippen LogP contribution < -0.4 is 0 Å². The molecule has 320 valence electrons. The normalized spacial score (nSPS) is 14.5. The molecule has 0 nitrogen and oxygen atoms in total. The van der Waals surface area contributed by atoms with E-state index in [2.05, 4.69) is 137 Å². The predicted molar refractivity (Wildman–Crippen MR) is 283 cm³/mol. The molecule has 0 saturated heterocycles. The highest BCUT2D eigenvalue weighted by molar-refractivity contribution is 7.30. The van der Waals surface area contributed by atoms with Crippen LogP contribution in [0.3, 0.4) is 0 Å². The molecule has 0 aliphatic heterocycles. The van der Waals surface area contributed by atoms with Gasteiger partial charge < -0.3 is 0 Å². The van der Waals surface area contributed by atoms with Crippen LogP contribution >= 0.6 is 68.0 Å². The average molecular weight is 925 g/mol. The van der Waals surface area contributed by atoms with E-state index in [-0.39, 0.29) is 5.41 Å². The molecule has 0 saturated carbocycles. The van der Waals surface area contributed by atoms with Gasteiger partial charge in [0.25, 0.3) is 0 Å². The van der Waals surface area contributed by atoms with Crippen molar-refractivity contribution in [1.29, 1.82) is 0 Å². The van der Waals surface area contributed by atoms with Gasteiger partial charge in [0.05, 0.1) is 0 Å². The van der Waals surface area contributed by atoms with Gasteiger partial charge >= 0.3 is 0 Å². The molecule has 0 bridgehead atoms. The summed E-state index contributed by atoms with van der Waals surface area (Å²) in [6.07, 6.45) is 19.6. The molecule has 6 heterocycles. The largest absolute Gasteiger partial charge is 0.139 e. The third kappa shape index (κ3) is 9.39. The highest BCUT2D eigenvalue weighted by Crippen LogP contribution is 2.56. The van der Waals surface area contributed by atoms with Crippen molar-refractivity contribution in [3.05, 3.63) is 131 Å². The van der Waals surface area contributed by atoms with E-state index in [1.54, 1.807) is 11.1 Å². The van der Waals surface area contributed by atoms with Crippen LogP contribution in [0.1, 0.15) is 132 Å². The first-order valence-electron chi connectivity index (χ1n) is 23.3. The summed E-state index contributed by atoms with van der Waals surface area (Å²) in [5.41, 5.74) is 8.98. The number of rotatable bonds is 21. The Balaban J connectivity index is 0.900. The maximum absolute atomic E-state index is 2.60. The first kappa shape index (κ1) is 43.9. The van der Waals surface area contributed by atoms with E-state index in [0.29, 0.717) is 0 Å². The molecule has 0 amide bonds. The van der Waals surface area contributed by atoms with Crippen molar-refractivity contribution < 1.29 is 0 Å². The summed E-state index contributed by atoms with van der Waals surface area (Å²) in [7, 11) is 0. The summed E-state index contributed by atoms with van der Waals surface area (Å²) in [6, 6.07) is 42.8. The molecular weight excluding hydrogens is 865 g/mol. The van der Waals surface area contributed by atoms with Crippen LogP contribution in [0.15, 0.2) is 109 Å². The molecule has 0 N–H and O–H groups in total. The first-order valence-corrected chi connectivity index (χ1v) is 28.2. The van der Waals surface area contributed by atoms with Gasteiger partial charge in [0.2, 0.25) is 0 Å². The Morgan fingerprint density at radius 1 is 0.355 bits per heavy atom. The number of fused-ring (bicyclic) bond motifs is 3. The molecule has 1 aliphatic rings. The van der Waals surface area contributed by atoms with E-state index < -0.39 is 0 Å². The second-order valence-electron chi connectivity index (χ2n) is 17.4. The van der Waals surface area contributed by atoms with Gasteiger partial charge in [0.1, 0.15) is 0 Å². The van der Waals surface area contributed by atoms with E-state index >= 15 is 0 Å². The number of hydrogen-bond donors (Lipinski definition) is 0. The highest BCUT2D eigenvalue weighted by Gasteiger charge is 2.42. The van der Waals surface area contributed by atoms with Gasteiger partial charge in [0, 0.05) is 63.9 Å². The van der Waals surface area contributed by atoms with Crippen LogP contribution in [-0.2, 0) is 11.8 Å². The van der Waals surface area contributed by atoms with Gasteiger partial charge in [-0.2, -0.15) is 0 Å². The lowest BCUT2D eigenvalue weighted by Crippen LogP contribution is -2.25. The van der Waals surface area contributed by atoms with Crippen molar-refractivity contribution in [3.63, 3.8) is 0 Å². The van der Waals surface area contributed by atoms with Gasteiger partial charge in [0.15, 0.2) is 0 Å². The van der Waals surface area contributed by atoms with Crippen LogP contribution in [-0.4, -0.2) is 0 Å². The minimum atomic E-state index is 0.107. The molecule has 0 fully saturated rings. The molecule has 6 aromatic heterocycles. The molecular formula is C56H60S6. The smallest absolute Gasteiger partial charge is 0.0449 e. The maximum atomic E-state index is 2.60. The summed E-state index contributed by atoms with van der Waals surface area (Å²) < 4.78 is 0. The lowest BCUT2D eigenvalue weighted by Gasteiger charge is -2.33. The average Bonchev–Trinajstić information content (AvgIpc) is 4.15. The summed E-state index contributed by atoms with van der Waals surface area (Å²) in [5, 5.41) is 0. The van der Waals surface area contributed by atoms with Crippen molar-refractivity contribution in [2.24, 2.45) is 0 Å². The minimum Gasteiger partial charge on any atom is -0.139 e. The Hall–Kier alpha value is -3.36. The molecule has 1 unspecified atom stereocenters. The van der Waals surface area contributed by atoms with Crippen molar-refractivity contribution >= 4 is 68.0 Å². The van der Waals surface area contributed by atoms with Crippen molar-refractivity contribution in [2.45, 2.75) is 129 Å². The van der Waals surface area contributed by atoms with Crippen LogP contribution in [0.4, 0.5) is 0 Å². The second-order valence-corrected chi connectivity index (χ2v) is 24.0. The van der Waals surface area contributed by atoms with E-state index in [1.165, 1.54) is 177 Å². The Labute approximate surface area is 395 Å². The van der Waals surface area contributed by atoms with Crippen LogP contribution in [0.25, 0.3) is 70.3 Å². The summed E-state index contributed by atoms with van der Waals surface area (Å²) in [6.45, 7) is 9.24. The van der Waals surface area contributed by atoms with Gasteiger partial charge in [-0.05, 0) is 139 Å². The van der Waals surface area contributed by atoms with Crippen molar-refractivity contribution in [2.75, 3.05) is 0 Å². The van der Waals surface area contributed by atoms with Crippen LogP contribution in [0.5, 0.6) is 0 Å². The zero-order valence-corrected chi connectivity index (χ0v) is 41.8. The Bertz CT molecular complexity index is 2700. The molecule has 8 aromatic rings. The molecule has 0 spiro atoms. The molecule has 62 heavy (non-hydrogen) atoms. The zero-order chi connectivity index (χ0) is 42.5. The first-order chi connectivity index (χ1) is 30.5. The Kier molecular flexibility index (Phi) is 14.3. The van der Waals surface area contributed by atoms with Crippen molar-refractivity contribution in [1.82, 2.24) is 0 Å². The van der Waals surface area contributed by atoms with E-state index in [1.807, 2.05) is 68.0 Å². The predicted octanol–water partition coefficient (Wildman–Crippen LogP) is 20.7. The maximum Gasteiger partial charge on any atom is 0.0449 e. The summed E-state index contributed by atoms with van der Waals surface area (Å²) in [4.78, 5) is 16.6. The van der Waals surface area contributed by atoms with Crippen LogP contribution in [0, 0.1) is 6.92 Å². The molecule has 0 radical (unpaired) electrons. The summed E-state index contributed by atoms with van der Waals surface area (Å²) >= 11 is 11.6. The van der Waals surface area contributed by atoms with Crippen molar-refractivity contribution in [3.8, 4) is 70.3 Å². The van der Waals surface area contributed by atoms with Gasteiger partial charge in [-0.1, -0.05) is 127 Å². The third-order valence-electron chi connectivity index (χ3n) is 12.9. The quantitative estimate of drug-likeness (QED) is 0.0630. The standard InChI is InChI=1S/C56H60S6/c1-5-8-11-13-14-16-35-56(34-10-7-3)43-36-38(4)18-21-41(43)42-22-19-39(37-44(42)56)45-24-25-48(58-45)49-28-29-52(60-49)53-32-33-55(62-53)54-31-30-51(61-54)50-27-26-47(59-50)46-23-20-40(57-46)17-15-12-9-6-2/h18-33,36-37H,5-17,34-35H2,1-4H3. The number of aryl methyl sites for hydroxylation is 2. The van der Waals surface area contributed by atoms with E-state index in [0.717, 1.165) is 0 Å². The number of thiophene rings is 6. The van der Waals surface area contributed by atoms with E-state index in [4.69, 9.17) is 0 Å². The monoisotopic (exact) mass is 924 g/mol. The lowest BCUT2D eigenvalue weighted by atomic mass is 9.70. The molecule has 2 aromatic carbocycles. The fourth-order valence-electron chi connectivity index (χ4n) is 9.52. The van der Waals surface area contributed by atoms with Crippen LogP contribution in [0.2, 0.25) is 0 Å². The Morgan fingerprint density at radius 3 is 1.31 bits per heavy atom. The second kappa shape index (κ2) is 20.2. The van der Waals surface area contributed by atoms with Gasteiger partial charge in [-0.3, -0.25) is 0 Å². The molecule has 1 aliphatic carbocycles. The molecule has 9 rings (SSSR count). The SMILES string of the molecule is CCCCCCCCC1(CCCC)c2cc(C)ccc2-c2ccc(-c3ccc(-c4ccc(-c5ccc(-c6ccc(-c7ccc(-c8ccc(CCCCCC)s8)s7)s6)s5)s4)s3)cc21. The number of hydrogen-bond acceptors (Lipinski definition) is 6. The highest BCUT2D eigenvalue weighted by atomic mass is 32.1. The topological polar surface area (TPSA) is 0 Å². The number of unbranched alkanes of at least 4 members (excludes halogenated alkanes) is 9. The summed E-state index contributed by atoms with van der Waals surface area (Å²) in [5.74, 6) is 0.